The summed E-state index contributed by atoms with van der Waals surface area (Å²) in [6, 6.07) is 5.96. The van der Waals surface area contributed by atoms with Crippen molar-refractivity contribution < 1.29 is 0 Å². The Bertz CT molecular complexity index is 392. The first-order valence-electron chi connectivity index (χ1n) is 4.76. The van der Waals surface area contributed by atoms with Gasteiger partial charge in [-0.25, -0.2) is 0 Å². The third kappa shape index (κ3) is 3.06. The second kappa shape index (κ2) is 5.75. The van der Waals surface area contributed by atoms with E-state index in [1.807, 2.05) is 25.1 Å². The van der Waals surface area contributed by atoms with Crippen LogP contribution in [0.15, 0.2) is 34.8 Å². The van der Waals surface area contributed by atoms with E-state index in [4.69, 9.17) is 5.73 Å². The Hall–Kier alpha value is -1.90. The highest BCUT2D eigenvalue weighted by Gasteiger charge is 1.98. The summed E-state index contributed by atoms with van der Waals surface area (Å²) in [5.41, 5.74) is 8.22. The second-order valence-electron chi connectivity index (χ2n) is 2.97. The van der Waals surface area contributed by atoms with Crippen LogP contribution in [0.4, 0.5) is 5.69 Å². The minimum atomic E-state index is 0.591. The molecule has 0 heterocycles. The molecule has 0 atom stereocenters. The molecule has 1 rings (SSSR count). The van der Waals surface area contributed by atoms with Crippen molar-refractivity contribution in [2.45, 2.75) is 13.5 Å². The molecular weight excluding hydrogens is 186 g/mol. The molecule has 0 aliphatic rings. The maximum Gasteiger partial charge on any atom is 0.0801 e. The third-order valence-electron chi connectivity index (χ3n) is 1.96. The van der Waals surface area contributed by atoms with Crippen LogP contribution in [-0.4, -0.2) is 12.6 Å². The van der Waals surface area contributed by atoms with Crippen LogP contribution in [0.5, 0.6) is 0 Å². The van der Waals surface area contributed by atoms with E-state index in [0.717, 1.165) is 16.8 Å². The highest BCUT2D eigenvalue weighted by Crippen LogP contribution is 2.21. The summed E-state index contributed by atoms with van der Waals surface area (Å²) in [7, 11) is 0. The van der Waals surface area contributed by atoms with E-state index in [0.29, 0.717) is 6.54 Å². The molecule has 0 fully saturated rings. The van der Waals surface area contributed by atoms with Crippen LogP contribution in [0, 0.1) is 0 Å². The predicted octanol–water partition coefficient (Wildman–Crippen LogP) is 2.54. The van der Waals surface area contributed by atoms with Gasteiger partial charge in [-0.2, -0.15) is 0 Å². The summed E-state index contributed by atoms with van der Waals surface area (Å²) < 4.78 is 0. The minimum Gasteiger partial charge on any atom is -0.390 e. The fourth-order valence-electron chi connectivity index (χ4n) is 1.28. The molecule has 0 aliphatic carbocycles. The molecule has 0 unspecified atom stereocenters. The molecule has 78 valence electrons. The first kappa shape index (κ1) is 11.2. The first-order valence-corrected chi connectivity index (χ1v) is 4.76. The normalized spacial score (nSPS) is 11.3. The van der Waals surface area contributed by atoms with Gasteiger partial charge in [0.1, 0.15) is 0 Å². The number of aliphatic imine (C=N–C) groups is 2. The second-order valence-corrected chi connectivity index (χ2v) is 2.97. The van der Waals surface area contributed by atoms with Crippen LogP contribution in [0.2, 0.25) is 0 Å². The molecule has 0 saturated heterocycles. The zero-order valence-electron chi connectivity index (χ0n) is 8.85. The molecule has 0 radical (unpaired) electrons. The number of benzene rings is 1. The van der Waals surface area contributed by atoms with E-state index in [-0.39, 0.29) is 0 Å². The number of nitrogens with zero attached hydrogens (tertiary/aromatic N) is 2. The van der Waals surface area contributed by atoms with Crippen LogP contribution < -0.4 is 5.73 Å². The van der Waals surface area contributed by atoms with E-state index >= 15 is 0 Å². The number of nitrogens with two attached hydrogens (primary N) is 1. The Morgan fingerprint density at radius 1 is 1.47 bits per heavy atom. The SMILES string of the molecule is C=Cc1cc(CN=CN)ccc1N=CC. The fourth-order valence-corrected chi connectivity index (χ4v) is 1.28. The van der Waals surface area contributed by atoms with Crippen molar-refractivity contribution in [2.24, 2.45) is 15.7 Å². The van der Waals surface area contributed by atoms with Crippen molar-refractivity contribution in [1.82, 2.24) is 0 Å². The Morgan fingerprint density at radius 2 is 2.27 bits per heavy atom. The molecule has 15 heavy (non-hydrogen) atoms. The summed E-state index contributed by atoms with van der Waals surface area (Å²) >= 11 is 0. The van der Waals surface area contributed by atoms with Gasteiger partial charge in [0.15, 0.2) is 0 Å². The Kier molecular flexibility index (Phi) is 4.29. The molecule has 3 nitrogen and oxygen atoms in total. The summed E-state index contributed by atoms with van der Waals surface area (Å²) in [5, 5.41) is 0. The summed E-state index contributed by atoms with van der Waals surface area (Å²) in [4.78, 5) is 8.21. The molecule has 0 bridgehead atoms. The van der Waals surface area contributed by atoms with E-state index in [1.165, 1.54) is 6.34 Å². The summed E-state index contributed by atoms with van der Waals surface area (Å²) in [6.07, 6.45) is 4.86. The summed E-state index contributed by atoms with van der Waals surface area (Å²) in [5.74, 6) is 0. The van der Waals surface area contributed by atoms with Crippen LogP contribution in [0.1, 0.15) is 18.1 Å². The predicted molar refractivity (Wildman–Crippen MR) is 66.7 cm³/mol. The molecular formula is C12H15N3. The average Bonchev–Trinajstić information content (AvgIpc) is 2.28. The van der Waals surface area contributed by atoms with Gasteiger partial charge in [-0.15, -0.1) is 0 Å². The number of hydrogen-bond acceptors (Lipinski definition) is 2. The Morgan fingerprint density at radius 3 is 2.87 bits per heavy atom. The van der Waals surface area contributed by atoms with Gasteiger partial charge >= 0.3 is 0 Å². The highest BCUT2D eigenvalue weighted by atomic mass is 14.8. The smallest absolute Gasteiger partial charge is 0.0801 e. The monoisotopic (exact) mass is 201 g/mol. The van der Waals surface area contributed by atoms with E-state index in [2.05, 4.69) is 16.6 Å². The van der Waals surface area contributed by atoms with E-state index in [9.17, 15) is 0 Å². The van der Waals surface area contributed by atoms with Crippen molar-refractivity contribution in [3.63, 3.8) is 0 Å². The summed E-state index contributed by atoms with van der Waals surface area (Å²) in [6.45, 7) is 6.24. The molecule has 1 aromatic carbocycles. The van der Waals surface area contributed by atoms with Crippen molar-refractivity contribution in [2.75, 3.05) is 0 Å². The van der Waals surface area contributed by atoms with Gasteiger partial charge in [0.2, 0.25) is 0 Å². The van der Waals surface area contributed by atoms with Gasteiger partial charge in [-0.3, -0.25) is 9.98 Å². The zero-order chi connectivity index (χ0) is 11.1. The molecule has 2 N–H and O–H groups in total. The molecule has 1 aromatic rings. The van der Waals surface area contributed by atoms with Crippen LogP contribution in [-0.2, 0) is 6.54 Å². The minimum absolute atomic E-state index is 0.591. The van der Waals surface area contributed by atoms with Crippen LogP contribution >= 0.6 is 0 Å². The van der Waals surface area contributed by atoms with Crippen LogP contribution in [0.3, 0.4) is 0 Å². The lowest BCUT2D eigenvalue weighted by molar-refractivity contribution is 1.07. The lowest BCUT2D eigenvalue weighted by Crippen LogP contribution is -1.90. The van der Waals surface area contributed by atoms with Crippen molar-refractivity contribution in [3.05, 3.63) is 35.9 Å². The quantitative estimate of drug-likeness (QED) is 0.590. The van der Waals surface area contributed by atoms with E-state index in [1.54, 1.807) is 12.3 Å². The molecule has 0 aliphatic heterocycles. The molecule has 0 amide bonds. The lowest BCUT2D eigenvalue weighted by atomic mass is 10.1. The van der Waals surface area contributed by atoms with Crippen LogP contribution in [0.25, 0.3) is 6.08 Å². The maximum atomic E-state index is 5.19. The average molecular weight is 201 g/mol. The maximum absolute atomic E-state index is 5.19. The highest BCUT2D eigenvalue weighted by molar-refractivity contribution is 5.69. The molecule has 0 spiro atoms. The third-order valence-corrected chi connectivity index (χ3v) is 1.96. The lowest BCUT2D eigenvalue weighted by Gasteiger charge is -2.03. The molecule has 3 heteroatoms. The van der Waals surface area contributed by atoms with Gasteiger partial charge in [0.25, 0.3) is 0 Å². The topological polar surface area (TPSA) is 50.7 Å². The van der Waals surface area contributed by atoms with Gasteiger partial charge in [-0.1, -0.05) is 18.7 Å². The number of hydrogen-bond donors (Lipinski definition) is 1. The molecule has 0 saturated carbocycles. The van der Waals surface area contributed by atoms with Gasteiger partial charge in [0.05, 0.1) is 18.6 Å². The largest absolute Gasteiger partial charge is 0.390 e. The fraction of sp³-hybridized carbons (Fsp3) is 0.167. The van der Waals surface area contributed by atoms with Gasteiger partial charge in [0, 0.05) is 6.21 Å². The van der Waals surface area contributed by atoms with Gasteiger partial charge in [-0.05, 0) is 30.2 Å². The van der Waals surface area contributed by atoms with E-state index < -0.39 is 0 Å². The van der Waals surface area contributed by atoms with Crippen molar-refractivity contribution >= 4 is 24.3 Å². The Labute approximate surface area is 90.1 Å². The first-order chi connectivity index (χ1) is 7.31. The van der Waals surface area contributed by atoms with Crippen molar-refractivity contribution in [1.29, 1.82) is 0 Å². The molecule has 0 aromatic heterocycles. The van der Waals surface area contributed by atoms with Gasteiger partial charge < -0.3 is 5.73 Å². The standard InChI is InChI=1S/C12H15N3/c1-3-11-7-10(8-14-9-13)5-6-12(11)15-4-2/h3-7,9H,1,8H2,2H3,(H2,13,14). The zero-order valence-corrected chi connectivity index (χ0v) is 8.85. The Balaban J connectivity index is 3.01. The van der Waals surface area contributed by atoms with Crippen molar-refractivity contribution in [3.8, 4) is 0 Å². The number of rotatable bonds is 4.